The summed E-state index contributed by atoms with van der Waals surface area (Å²) in [7, 11) is -4.07. The highest BCUT2D eigenvalue weighted by molar-refractivity contribution is 7.89. The number of hydrogen-bond donors (Lipinski definition) is 1. The topological polar surface area (TPSA) is 98.5 Å². The fourth-order valence-electron chi connectivity index (χ4n) is 1.93. The SMILES string of the molecule is N#Cc1ccc(Cl)cc1S(=O)(=O)N(CC(=O)O)CC1CC1. The quantitative estimate of drug-likeness (QED) is 0.856. The van der Waals surface area contributed by atoms with Gasteiger partial charge in [-0.2, -0.15) is 9.57 Å². The lowest BCUT2D eigenvalue weighted by atomic mass is 10.2. The molecule has 0 bridgehead atoms. The maximum Gasteiger partial charge on any atom is 0.318 e. The summed E-state index contributed by atoms with van der Waals surface area (Å²) >= 11 is 5.80. The Balaban J connectivity index is 2.44. The van der Waals surface area contributed by atoms with Crippen molar-refractivity contribution < 1.29 is 18.3 Å². The van der Waals surface area contributed by atoms with Crippen LogP contribution in [0.4, 0.5) is 0 Å². The molecule has 1 fully saturated rings. The van der Waals surface area contributed by atoms with Gasteiger partial charge in [-0.1, -0.05) is 11.6 Å². The third-order valence-electron chi connectivity index (χ3n) is 3.15. The van der Waals surface area contributed by atoms with Crippen molar-refractivity contribution in [2.45, 2.75) is 17.7 Å². The predicted molar refractivity (Wildman–Crippen MR) is 75.3 cm³/mol. The largest absolute Gasteiger partial charge is 0.480 e. The van der Waals surface area contributed by atoms with E-state index in [1.54, 1.807) is 6.07 Å². The Hall–Kier alpha value is -1.62. The number of benzene rings is 1. The van der Waals surface area contributed by atoms with E-state index in [1.165, 1.54) is 18.2 Å². The number of halogens is 1. The van der Waals surface area contributed by atoms with Crippen LogP contribution in [0.3, 0.4) is 0 Å². The van der Waals surface area contributed by atoms with Crippen LogP contribution in [0.2, 0.25) is 5.02 Å². The van der Waals surface area contributed by atoms with Crippen molar-refractivity contribution >= 4 is 27.6 Å². The van der Waals surface area contributed by atoms with E-state index < -0.39 is 22.5 Å². The number of carboxylic acid groups (broad SMARTS) is 1. The minimum Gasteiger partial charge on any atom is -0.480 e. The Morgan fingerprint density at radius 2 is 2.14 bits per heavy atom. The number of rotatable bonds is 6. The second-order valence-corrected chi connectivity index (χ2v) is 7.23. The minimum absolute atomic E-state index is 0.0504. The molecule has 1 aromatic rings. The zero-order valence-electron chi connectivity index (χ0n) is 11.0. The van der Waals surface area contributed by atoms with E-state index in [9.17, 15) is 13.2 Å². The number of sulfonamides is 1. The fraction of sp³-hybridized carbons (Fsp3) is 0.385. The van der Waals surface area contributed by atoms with Gasteiger partial charge in [0.25, 0.3) is 0 Å². The molecule has 1 aliphatic carbocycles. The molecule has 6 nitrogen and oxygen atoms in total. The van der Waals surface area contributed by atoms with Crippen molar-refractivity contribution in [1.29, 1.82) is 5.26 Å². The molecule has 0 aromatic heterocycles. The first-order chi connectivity index (χ1) is 9.84. The highest BCUT2D eigenvalue weighted by atomic mass is 35.5. The lowest BCUT2D eigenvalue weighted by Gasteiger charge is -2.20. The van der Waals surface area contributed by atoms with Crippen LogP contribution in [0.25, 0.3) is 0 Å². The molecule has 21 heavy (non-hydrogen) atoms. The number of hydrogen-bond acceptors (Lipinski definition) is 4. The van der Waals surface area contributed by atoms with E-state index in [0.717, 1.165) is 17.1 Å². The number of aliphatic carboxylic acids is 1. The van der Waals surface area contributed by atoms with E-state index in [4.69, 9.17) is 22.0 Å². The molecule has 0 radical (unpaired) electrons. The van der Waals surface area contributed by atoms with Gasteiger partial charge >= 0.3 is 5.97 Å². The summed E-state index contributed by atoms with van der Waals surface area (Å²) in [4.78, 5) is 10.7. The van der Waals surface area contributed by atoms with Gasteiger partial charge in [-0.25, -0.2) is 8.42 Å². The Bertz CT molecular complexity index is 707. The van der Waals surface area contributed by atoms with Crippen molar-refractivity contribution in [3.05, 3.63) is 28.8 Å². The van der Waals surface area contributed by atoms with Crippen LogP contribution < -0.4 is 0 Å². The van der Waals surface area contributed by atoms with E-state index in [0.29, 0.717) is 0 Å². The Morgan fingerprint density at radius 1 is 1.48 bits per heavy atom. The van der Waals surface area contributed by atoms with Crippen molar-refractivity contribution in [2.24, 2.45) is 5.92 Å². The summed E-state index contributed by atoms with van der Waals surface area (Å²) in [5, 5.41) is 18.1. The Labute approximate surface area is 127 Å². The molecule has 8 heteroatoms. The van der Waals surface area contributed by atoms with Gasteiger partial charge in [0.1, 0.15) is 17.5 Å². The summed E-state index contributed by atoms with van der Waals surface area (Å²) in [5.74, 6) is -1.05. The number of nitrogens with zero attached hydrogens (tertiary/aromatic N) is 2. The van der Waals surface area contributed by atoms with Crippen molar-refractivity contribution in [3.63, 3.8) is 0 Å². The molecule has 0 spiro atoms. The standard InChI is InChI=1S/C13H13ClN2O4S/c14-11-4-3-10(6-15)12(5-11)21(19,20)16(8-13(17)18)7-9-1-2-9/h3-5,9H,1-2,7-8H2,(H,17,18). The van der Waals surface area contributed by atoms with Crippen LogP contribution in [-0.2, 0) is 14.8 Å². The molecule has 1 aliphatic rings. The number of nitriles is 1. The average molecular weight is 329 g/mol. The lowest BCUT2D eigenvalue weighted by molar-refractivity contribution is -0.137. The molecule has 1 aromatic carbocycles. The number of carbonyl (C=O) groups is 1. The van der Waals surface area contributed by atoms with Crippen molar-refractivity contribution in [1.82, 2.24) is 4.31 Å². The van der Waals surface area contributed by atoms with E-state index in [2.05, 4.69) is 0 Å². The molecule has 112 valence electrons. The monoisotopic (exact) mass is 328 g/mol. The van der Waals surface area contributed by atoms with Gasteiger partial charge in [0.2, 0.25) is 10.0 Å². The summed E-state index contributed by atoms with van der Waals surface area (Å²) in [5.41, 5.74) is -0.0504. The van der Waals surface area contributed by atoms with Crippen LogP contribution >= 0.6 is 11.6 Å². The Kier molecular flexibility index (Phi) is 4.52. The molecule has 0 saturated heterocycles. The molecule has 0 atom stereocenters. The molecule has 2 rings (SSSR count). The zero-order chi connectivity index (χ0) is 15.6. The molecule has 1 saturated carbocycles. The first-order valence-electron chi connectivity index (χ1n) is 6.26. The van der Waals surface area contributed by atoms with Gasteiger partial charge in [-0.05, 0) is 37.0 Å². The predicted octanol–water partition coefficient (Wildman–Crippen LogP) is 1.70. The van der Waals surface area contributed by atoms with Gasteiger partial charge in [0.05, 0.1) is 5.56 Å². The van der Waals surface area contributed by atoms with E-state index in [-0.39, 0.29) is 27.9 Å². The summed E-state index contributed by atoms with van der Waals surface area (Å²) in [6.07, 6.45) is 1.76. The molecular weight excluding hydrogens is 316 g/mol. The van der Waals surface area contributed by atoms with Gasteiger partial charge in [-0.15, -0.1) is 0 Å². The van der Waals surface area contributed by atoms with Gasteiger partial charge < -0.3 is 5.11 Å². The molecule has 0 aliphatic heterocycles. The average Bonchev–Trinajstić information content (AvgIpc) is 3.21. The van der Waals surface area contributed by atoms with E-state index >= 15 is 0 Å². The van der Waals surface area contributed by atoms with Crippen LogP contribution in [0, 0.1) is 17.2 Å². The maximum atomic E-state index is 12.6. The first kappa shape index (κ1) is 15.8. The highest BCUT2D eigenvalue weighted by Crippen LogP contribution is 2.32. The molecule has 0 heterocycles. The summed E-state index contributed by atoms with van der Waals surface area (Å²) in [6, 6.07) is 5.70. The molecule has 1 N–H and O–H groups in total. The fourth-order valence-corrected chi connectivity index (χ4v) is 3.80. The normalized spacial score (nSPS) is 14.9. The zero-order valence-corrected chi connectivity index (χ0v) is 12.6. The smallest absolute Gasteiger partial charge is 0.318 e. The number of carboxylic acids is 1. The highest BCUT2D eigenvalue weighted by Gasteiger charge is 2.34. The second-order valence-electron chi connectivity index (χ2n) is 4.89. The van der Waals surface area contributed by atoms with E-state index in [1.807, 2.05) is 0 Å². The molecule has 0 unspecified atom stereocenters. The van der Waals surface area contributed by atoms with Crippen molar-refractivity contribution in [3.8, 4) is 6.07 Å². The van der Waals surface area contributed by atoms with Crippen molar-refractivity contribution in [2.75, 3.05) is 13.1 Å². The van der Waals surface area contributed by atoms with Crippen LogP contribution in [0.5, 0.6) is 0 Å². The van der Waals surface area contributed by atoms with Crippen LogP contribution in [0.1, 0.15) is 18.4 Å². The second kappa shape index (κ2) is 6.02. The third-order valence-corrected chi connectivity index (χ3v) is 5.24. The van der Waals surface area contributed by atoms with Crippen LogP contribution in [-0.4, -0.2) is 36.9 Å². The first-order valence-corrected chi connectivity index (χ1v) is 8.08. The summed E-state index contributed by atoms with van der Waals surface area (Å²) in [6.45, 7) is -0.484. The van der Waals surface area contributed by atoms with Gasteiger partial charge in [0, 0.05) is 11.6 Å². The minimum atomic E-state index is -4.07. The van der Waals surface area contributed by atoms with Crippen LogP contribution in [0.15, 0.2) is 23.1 Å². The molecular formula is C13H13ClN2O4S. The van der Waals surface area contributed by atoms with Gasteiger partial charge in [0.15, 0.2) is 0 Å². The van der Waals surface area contributed by atoms with Gasteiger partial charge in [-0.3, -0.25) is 4.79 Å². The Morgan fingerprint density at radius 3 is 2.67 bits per heavy atom. The molecule has 0 amide bonds. The summed E-state index contributed by atoms with van der Waals surface area (Å²) < 4.78 is 26.1. The maximum absolute atomic E-state index is 12.6. The third kappa shape index (κ3) is 3.73. The lowest BCUT2D eigenvalue weighted by Crippen LogP contribution is -2.37.